The lowest BCUT2D eigenvalue weighted by atomic mass is 10.4. The van der Waals surface area contributed by atoms with Gasteiger partial charge in [0.05, 0.1) is 13.1 Å². The number of piperazine rings is 1. The number of rotatable bonds is 1. The van der Waals surface area contributed by atoms with Gasteiger partial charge in [-0.25, -0.2) is 5.84 Å². The van der Waals surface area contributed by atoms with Crippen LogP contribution in [0.1, 0.15) is 0 Å². The maximum absolute atomic E-state index is 5.01. The predicted octanol–water partition coefficient (Wildman–Crippen LogP) is -0.993. The first-order chi connectivity index (χ1) is 5.83. The normalized spacial score (nSPS) is 18.2. The fourth-order valence-electron chi connectivity index (χ4n) is 0.875. The van der Waals surface area contributed by atoms with E-state index in [0.717, 1.165) is 26.2 Å². The first-order valence-electron chi connectivity index (χ1n) is 3.71. The van der Waals surface area contributed by atoms with Crippen molar-refractivity contribution >= 4 is 17.3 Å². The molecule has 1 aliphatic heterocycles. The number of nitrogens with zero attached hydrogens (tertiary/aromatic N) is 3. The third-order valence-electron chi connectivity index (χ3n) is 1.48. The molecular weight excluding hydrogens is 176 g/mol. The molecule has 12 heavy (non-hydrogen) atoms. The Labute approximate surface area is 76.1 Å². The zero-order chi connectivity index (χ0) is 8.81. The van der Waals surface area contributed by atoms with Gasteiger partial charge in [-0.1, -0.05) is 5.22 Å². The smallest absolute Gasteiger partial charge is 0.229 e. The SMILES string of the molecule is NNC(=S)N=NN1CCNCC1. The molecule has 0 unspecified atom stereocenters. The Balaban J connectivity index is 2.28. The van der Waals surface area contributed by atoms with Gasteiger partial charge in [0.1, 0.15) is 0 Å². The first-order valence-corrected chi connectivity index (χ1v) is 4.11. The summed E-state index contributed by atoms with van der Waals surface area (Å²) in [7, 11) is 0. The van der Waals surface area contributed by atoms with Crippen molar-refractivity contribution in [3.05, 3.63) is 0 Å². The second-order valence-electron chi connectivity index (χ2n) is 2.34. The maximum atomic E-state index is 5.01. The fourth-order valence-corrected chi connectivity index (χ4v) is 0.912. The summed E-state index contributed by atoms with van der Waals surface area (Å²) < 4.78 is 0. The van der Waals surface area contributed by atoms with E-state index in [0.29, 0.717) is 0 Å². The van der Waals surface area contributed by atoms with Crippen LogP contribution < -0.4 is 16.6 Å². The number of nitrogens with two attached hydrogens (primary N) is 1. The van der Waals surface area contributed by atoms with E-state index in [-0.39, 0.29) is 5.11 Å². The van der Waals surface area contributed by atoms with Gasteiger partial charge >= 0.3 is 0 Å². The Kier molecular flexibility index (Phi) is 3.85. The lowest BCUT2D eigenvalue weighted by Crippen LogP contribution is -2.40. The molecule has 7 heteroatoms. The van der Waals surface area contributed by atoms with Crippen LogP contribution >= 0.6 is 12.2 Å². The molecule has 1 heterocycles. The van der Waals surface area contributed by atoms with Gasteiger partial charge in [0, 0.05) is 13.1 Å². The molecule has 1 saturated heterocycles. The van der Waals surface area contributed by atoms with E-state index in [1.807, 2.05) is 5.01 Å². The zero-order valence-electron chi connectivity index (χ0n) is 6.66. The first kappa shape index (κ1) is 9.30. The minimum absolute atomic E-state index is 0.202. The summed E-state index contributed by atoms with van der Waals surface area (Å²) in [6, 6.07) is 0. The van der Waals surface area contributed by atoms with Crippen molar-refractivity contribution in [2.75, 3.05) is 26.2 Å². The summed E-state index contributed by atoms with van der Waals surface area (Å²) >= 11 is 4.68. The molecule has 0 aromatic carbocycles. The number of hydrazine groups is 1. The highest BCUT2D eigenvalue weighted by Gasteiger charge is 2.05. The third kappa shape index (κ3) is 3.07. The van der Waals surface area contributed by atoms with Crippen LogP contribution in [0.2, 0.25) is 0 Å². The van der Waals surface area contributed by atoms with Gasteiger partial charge in [-0.05, 0) is 12.2 Å². The van der Waals surface area contributed by atoms with E-state index in [4.69, 9.17) is 5.84 Å². The molecule has 0 atom stereocenters. The molecule has 0 aliphatic carbocycles. The van der Waals surface area contributed by atoms with E-state index in [1.54, 1.807) is 0 Å². The molecule has 0 spiro atoms. The Morgan fingerprint density at radius 3 is 2.75 bits per heavy atom. The van der Waals surface area contributed by atoms with Crippen molar-refractivity contribution in [3.63, 3.8) is 0 Å². The van der Waals surface area contributed by atoms with Crippen LogP contribution in [0, 0.1) is 0 Å². The highest BCUT2D eigenvalue weighted by atomic mass is 32.1. The second-order valence-corrected chi connectivity index (χ2v) is 2.73. The van der Waals surface area contributed by atoms with Crippen molar-refractivity contribution < 1.29 is 0 Å². The standard InChI is InChI=1S/C5H12N6S/c6-8-5(12)9-10-11-3-1-7-2-4-11/h7H,1-4,6H2,(H,8,12). The van der Waals surface area contributed by atoms with Crippen LogP contribution in [0.4, 0.5) is 0 Å². The molecule has 6 nitrogen and oxygen atoms in total. The molecule has 1 aliphatic rings. The quantitative estimate of drug-likeness (QED) is 0.213. The summed E-state index contributed by atoms with van der Waals surface area (Å²) in [6.45, 7) is 3.58. The van der Waals surface area contributed by atoms with Crippen molar-refractivity contribution in [2.24, 2.45) is 16.2 Å². The number of nitrogens with one attached hydrogen (secondary N) is 2. The summed E-state index contributed by atoms with van der Waals surface area (Å²) in [5.74, 6) is 5.01. The van der Waals surface area contributed by atoms with Crippen molar-refractivity contribution in [1.29, 1.82) is 0 Å². The molecule has 0 bridgehead atoms. The molecule has 0 amide bonds. The van der Waals surface area contributed by atoms with Crippen molar-refractivity contribution in [2.45, 2.75) is 0 Å². The van der Waals surface area contributed by atoms with Gasteiger partial charge in [0.15, 0.2) is 0 Å². The minimum atomic E-state index is 0.202. The molecule has 1 fully saturated rings. The molecule has 0 aromatic rings. The van der Waals surface area contributed by atoms with Crippen LogP contribution in [0.15, 0.2) is 10.3 Å². The zero-order valence-corrected chi connectivity index (χ0v) is 7.47. The maximum Gasteiger partial charge on any atom is 0.229 e. The minimum Gasteiger partial charge on any atom is -0.313 e. The van der Waals surface area contributed by atoms with Crippen LogP contribution in [0.5, 0.6) is 0 Å². The predicted molar refractivity (Wildman–Crippen MR) is 49.2 cm³/mol. The molecular formula is C5H12N6S. The van der Waals surface area contributed by atoms with E-state index >= 15 is 0 Å². The van der Waals surface area contributed by atoms with E-state index < -0.39 is 0 Å². The molecule has 1 rings (SSSR count). The molecule has 0 aromatic heterocycles. The largest absolute Gasteiger partial charge is 0.313 e. The fraction of sp³-hybridized carbons (Fsp3) is 0.800. The summed E-state index contributed by atoms with van der Waals surface area (Å²) in [6.07, 6.45) is 0. The van der Waals surface area contributed by atoms with Gasteiger partial charge in [-0.3, -0.25) is 10.4 Å². The van der Waals surface area contributed by atoms with Gasteiger partial charge in [-0.15, -0.1) is 5.11 Å². The number of hydrogen-bond donors (Lipinski definition) is 3. The Morgan fingerprint density at radius 1 is 1.50 bits per heavy atom. The monoisotopic (exact) mass is 188 g/mol. The van der Waals surface area contributed by atoms with Crippen LogP contribution in [-0.2, 0) is 0 Å². The number of thiocarbonyl (C=S) groups is 1. The lowest BCUT2D eigenvalue weighted by Gasteiger charge is -2.22. The van der Waals surface area contributed by atoms with Crippen LogP contribution in [-0.4, -0.2) is 36.3 Å². The van der Waals surface area contributed by atoms with E-state index in [1.165, 1.54) is 0 Å². The Hall–Kier alpha value is -0.790. The Morgan fingerprint density at radius 2 is 2.17 bits per heavy atom. The molecule has 68 valence electrons. The van der Waals surface area contributed by atoms with Gasteiger partial charge < -0.3 is 5.32 Å². The van der Waals surface area contributed by atoms with E-state index in [2.05, 4.69) is 33.3 Å². The summed E-state index contributed by atoms with van der Waals surface area (Å²) in [5, 5.41) is 12.8. The van der Waals surface area contributed by atoms with Gasteiger partial charge in [-0.2, -0.15) is 0 Å². The van der Waals surface area contributed by atoms with Gasteiger partial charge in [0.25, 0.3) is 0 Å². The number of hydrogen-bond acceptors (Lipinski definition) is 4. The van der Waals surface area contributed by atoms with Crippen LogP contribution in [0.25, 0.3) is 0 Å². The van der Waals surface area contributed by atoms with Crippen LogP contribution in [0.3, 0.4) is 0 Å². The highest BCUT2D eigenvalue weighted by molar-refractivity contribution is 7.80. The molecule has 0 saturated carbocycles. The van der Waals surface area contributed by atoms with Crippen molar-refractivity contribution in [3.8, 4) is 0 Å². The summed E-state index contributed by atoms with van der Waals surface area (Å²) in [5.41, 5.74) is 2.23. The second kappa shape index (κ2) is 4.96. The summed E-state index contributed by atoms with van der Waals surface area (Å²) in [4.78, 5) is 0. The Bertz CT molecular complexity index is 175. The average Bonchev–Trinajstić information content (AvgIpc) is 2.16. The highest BCUT2D eigenvalue weighted by Crippen LogP contribution is 1.93. The van der Waals surface area contributed by atoms with Crippen molar-refractivity contribution in [1.82, 2.24) is 15.8 Å². The van der Waals surface area contributed by atoms with Gasteiger partial charge in [0.2, 0.25) is 5.11 Å². The lowest BCUT2D eigenvalue weighted by molar-refractivity contribution is 0.238. The average molecular weight is 188 g/mol. The molecule has 4 N–H and O–H groups in total. The molecule has 0 radical (unpaired) electrons. The topological polar surface area (TPSA) is 78.0 Å². The third-order valence-corrected chi connectivity index (χ3v) is 1.68. The van der Waals surface area contributed by atoms with E-state index in [9.17, 15) is 0 Å².